The summed E-state index contributed by atoms with van der Waals surface area (Å²) in [6, 6.07) is 2.18. The summed E-state index contributed by atoms with van der Waals surface area (Å²) in [6.45, 7) is 11.0. The molecule has 0 radical (unpaired) electrons. The lowest BCUT2D eigenvalue weighted by molar-refractivity contribution is 0.102. The number of rotatable bonds is 7. The zero-order valence-corrected chi connectivity index (χ0v) is 18.3. The van der Waals surface area contributed by atoms with Gasteiger partial charge in [-0.15, -0.1) is 11.3 Å². The highest BCUT2D eigenvalue weighted by Crippen LogP contribution is 2.34. The fourth-order valence-electron chi connectivity index (χ4n) is 3.52. The van der Waals surface area contributed by atoms with Crippen LogP contribution in [0, 0.1) is 27.7 Å². The van der Waals surface area contributed by atoms with E-state index in [9.17, 15) is 4.79 Å². The Balaban J connectivity index is 1.82. The number of ketones is 1. The van der Waals surface area contributed by atoms with Crippen LogP contribution >= 0.6 is 23.1 Å². The zero-order valence-electron chi connectivity index (χ0n) is 16.6. The van der Waals surface area contributed by atoms with Crippen LogP contribution in [0.3, 0.4) is 0 Å². The normalized spacial score (nSPS) is 12.7. The molecule has 0 saturated carbocycles. The van der Waals surface area contributed by atoms with Crippen LogP contribution in [0.2, 0.25) is 0 Å². The van der Waals surface area contributed by atoms with Crippen molar-refractivity contribution in [2.75, 3.05) is 19.5 Å². The number of hydrogen-bond acceptors (Lipinski definition) is 6. The van der Waals surface area contributed by atoms with E-state index in [1.54, 1.807) is 24.8 Å². The van der Waals surface area contributed by atoms with Gasteiger partial charge in [-0.3, -0.25) is 4.79 Å². The van der Waals surface area contributed by atoms with Gasteiger partial charge >= 0.3 is 0 Å². The van der Waals surface area contributed by atoms with E-state index >= 15 is 0 Å². The second kappa shape index (κ2) is 8.12. The molecule has 0 fully saturated rings. The Bertz CT molecular complexity index is 991. The largest absolute Gasteiger partial charge is 0.383 e. The number of ether oxygens (including phenoxy) is 1. The van der Waals surface area contributed by atoms with E-state index in [0.29, 0.717) is 12.4 Å². The predicted molar refractivity (Wildman–Crippen MR) is 112 cm³/mol. The maximum absolute atomic E-state index is 12.9. The first kappa shape index (κ1) is 20.0. The number of methoxy groups -OCH3 is 1. The molecule has 3 aromatic rings. The van der Waals surface area contributed by atoms with Gasteiger partial charge in [0.2, 0.25) is 0 Å². The minimum atomic E-state index is 0.125. The summed E-state index contributed by atoms with van der Waals surface area (Å²) in [4.78, 5) is 23.9. The molecule has 3 heterocycles. The lowest BCUT2D eigenvalue weighted by Gasteiger charge is -2.17. The second-order valence-corrected chi connectivity index (χ2v) is 8.98. The highest BCUT2D eigenvalue weighted by molar-refractivity contribution is 8.00. The first-order chi connectivity index (χ1) is 12.8. The highest BCUT2D eigenvalue weighted by atomic mass is 32.2. The van der Waals surface area contributed by atoms with E-state index in [0.717, 1.165) is 32.2 Å². The van der Waals surface area contributed by atoms with Crippen molar-refractivity contribution in [2.45, 2.75) is 45.7 Å². The summed E-state index contributed by atoms with van der Waals surface area (Å²) in [7, 11) is 1.70. The number of aryl methyl sites for hydroxylation is 3. The molecule has 0 aliphatic heterocycles. The SMILES string of the molecule is COC[C@@H](C)n1c(C)cc(C(=O)CSc2ncnc3sc(C)c(C)c23)c1C. The lowest BCUT2D eigenvalue weighted by Crippen LogP contribution is -2.14. The van der Waals surface area contributed by atoms with Gasteiger partial charge in [0.05, 0.1) is 18.4 Å². The molecule has 27 heavy (non-hydrogen) atoms. The molecule has 0 unspecified atom stereocenters. The average Bonchev–Trinajstić information content (AvgIpc) is 3.09. The van der Waals surface area contributed by atoms with Crippen molar-refractivity contribution in [3.05, 3.63) is 39.8 Å². The molecule has 144 valence electrons. The number of nitrogens with zero attached hydrogens (tertiary/aromatic N) is 3. The van der Waals surface area contributed by atoms with Gasteiger partial charge in [0.15, 0.2) is 5.78 Å². The van der Waals surface area contributed by atoms with Crippen molar-refractivity contribution < 1.29 is 9.53 Å². The topological polar surface area (TPSA) is 57.0 Å². The summed E-state index contributed by atoms with van der Waals surface area (Å²) in [6.07, 6.45) is 1.59. The van der Waals surface area contributed by atoms with E-state index in [-0.39, 0.29) is 11.8 Å². The maximum atomic E-state index is 12.9. The van der Waals surface area contributed by atoms with Crippen molar-refractivity contribution in [3.63, 3.8) is 0 Å². The summed E-state index contributed by atoms with van der Waals surface area (Å²) in [5.41, 5.74) is 4.07. The Morgan fingerprint density at radius 3 is 2.74 bits per heavy atom. The molecular weight excluding hydrogens is 378 g/mol. The van der Waals surface area contributed by atoms with Gasteiger partial charge in [0.25, 0.3) is 0 Å². The molecule has 0 spiro atoms. The number of hydrogen-bond donors (Lipinski definition) is 0. The van der Waals surface area contributed by atoms with Crippen LogP contribution in [0.25, 0.3) is 10.2 Å². The molecule has 3 rings (SSSR count). The van der Waals surface area contributed by atoms with Gasteiger partial charge in [-0.2, -0.15) is 0 Å². The van der Waals surface area contributed by atoms with Gasteiger partial charge in [0, 0.05) is 34.3 Å². The fraction of sp³-hybridized carbons (Fsp3) is 0.450. The third-order valence-corrected chi connectivity index (χ3v) is 7.01. The Morgan fingerprint density at radius 2 is 2.04 bits per heavy atom. The number of carbonyl (C=O) groups is 1. The van der Waals surface area contributed by atoms with Gasteiger partial charge in [0.1, 0.15) is 16.2 Å². The summed E-state index contributed by atoms with van der Waals surface area (Å²) < 4.78 is 7.45. The molecule has 0 saturated heterocycles. The number of thioether (sulfide) groups is 1. The molecular formula is C20H25N3O2S2. The van der Waals surface area contributed by atoms with Crippen LogP contribution in [0.4, 0.5) is 0 Å². The molecule has 0 aromatic carbocycles. The maximum Gasteiger partial charge on any atom is 0.174 e. The first-order valence-corrected chi connectivity index (χ1v) is 10.7. The van der Waals surface area contributed by atoms with Gasteiger partial charge in [-0.25, -0.2) is 9.97 Å². The average molecular weight is 404 g/mol. The first-order valence-electron chi connectivity index (χ1n) is 8.89. The van der Waals surface area contributed by atoms with Crippen molar-refractivity contribution in [2.24, 2.45) is 0 Å². The van der Waals surface area contributed by atoms with Crippen molar-refractivity contribution >= 4 is 39.1 Å². The van der Waals surface area contributed by atoms with Crippen LogP contribution in [-0.2, 0) is 4.74 Å². The molecule has 0 N–H and O–H groups in total. The Morgan fingerprint density at radius 1 is 1.30 bits per heavy atom. The Kier molecular flexibility index (Phi) is 6.03. The van der Waals surface area contributed by atoms with Crippen molar-refractivity contribution in [1.29, 1.82) is 0 Å². The van der Waals surface area contributed by atoms with E-state index < -0.39 is 0 Å². The predicted octanol–water partition coefficient (Wildman–Crippen LogP) is 4.91. The van der Waals surface area contributed by atoms with E-state index in [4.69, 9.17) is 4.74 Å². The number of Topliss-reactive ketones (excluding diaryl/α,β-unsaturated/α-hetero) is 1. The molecule has 0 aliphatic carbocycles. The standard InChI is InChI=1S/C20H25N3O2S2/c1-11-7-16(14(4)23(11)12(2)8-25-6)17(24)9-26-19-18-13(3)15(5)27-20(18)22-10-21-19/h7,10,12H,8-9H2,1-6H3/t12-/m1/s1. The number of aromatic nitrogens is 3. The van der Waals surface area contributed by atoms with Gasteiger partial charge in [-0.05, 0) is 46.2 Å². The Labute approximate surface area is 168 Å². The van der Waals surface area contributed by atoms with Crippen LogP contribution in [0.15, 0.2) is 17.4 Å². The molecule has 5 nitrogen and oxygen atoms in total. The second-order valence-electron chi connectivity index (χ2n) is 6.81. The minimum Gasteiger partial charge on any atom is -0.383 e. The molecule has 7 heteroatoms. The van der Waals surface area contributed by atoms with Crippen molar-refractivity contribution in [3.8, 4) is 0 Å². The van der Waals surface area contributed by atoms with Gasteiger partial charge in [-0.1, -0.05) is 11.8 Å². The minimum absolute atomic E-state index is 0.125. The number of thiophene rings is 1. The molecule has 0 amide bonds. The summed E-state index contributed by atoms with van der Waals surface area (Å²) >= 11 is 3.17. The zero-order chi connectivity index (χ0) is 19.7. The number of carbonyl (C=O) groups excluding carboxylic acids is 1. The quantitative estimate of drug-likeness (QED) is 0.319. The van der Waals surface area contributed by atoms with Gasteiger partial charge < -0.3 is 9.30 Å². The van der Waals surface area contributed by atoms with E-state index in [1.165, 1.54) is 22.2 Å². The van der Waals surface area contributed by atoms with Crippen LogP contribution in [-0.4, -0.2) is 39.8 Å². The fourth-order valence-corrected chi connectivity index (χ4v) is 5.53. The Hall–Kier alpha value is -1.70. The summed E-state index contributed by atoms with van der Waals surface area (Å²) in [5.74, 6) is 0.490. The van der Waals surface area contributed by atoms with E-state index in [1.807, 2.05) is 19.9 Å². The molecule has 0 aliphatic rings. The monoisotopic (exact) mass is 403 g/mol. The van der Waals surface area contributed by atoms with Crippen LogP contribution in [0.1, 0.15) is 45.2 Å². The van der Waals surface area contributed by atoms with Crippen molar-refractivity contribution in [1.82, 2.24) is 14.5 Å². The van der Waals surface area contributed by atoms with Crippen LogP contribution in [0.5, 0.6) is 0 Å². The summed E-state index contributed by atoms with van der Waals surface area (Å²) in [5, 5.41) is 1.97. The third kappa shape index (κ3) is 3.81. The lowest BCUT2D eigenvalue weighted by atomic mass is 10.2. The smallest absolute Gasteiger partial charge is 0.174 e. The molecule has 3 aromatic heterocycles. The van der Waals surface area contributed by atoms with Crippen LogP contribution < -0.4 is 0 Å². The van der Waals surface area contributed by atoms with E-state index in [2.05, 4.69) is 35.3 Å². The molecule has 1 atom stereocenters. The molecule has 0 bridgehead atoms. The number of fused-ring (bicyclic) bond motifs is 1. The third-order valence-electron chi connectivity index (χ3n) is 4.90. The highest BCUT2D eigenvalue weighted by Gasteiger charge is 2.20.